The number of rotatable bonds is 3. The van der Waals surface area contributed by atoms with E-state index < -0.39 is 16.5 Å². The fraction of sp³-hybridized carbons (Fsp3) is 0. The van der Waals surface area contributed by atoms with Crippen LogP contribution < -0.4 is 0 Å². The van der Waals surface area contributed by atoms with Crippen molar-refractivity contribution in [2.24, 2.45) is 0 Å². The number of hydrogen-bond donors (Lipinski definition) is 1. The molecule has 0 aliphatic rings. The number of ketones is 1. The lowest BCUT2D eigenvalue weighted by Gasteiger charge is -2.01. The number of aromatic nitrogens is 1. The van der Waals surface area contributed by atoms with Crippen molar-refractivity contribution in [2.75, 3.05) is 0 Å². The predicted octanol–water partition coefficient (Wildman–Crippen LogP) is 3.45. The SMILES string of the molecule is O=C(c1ccccc1F)c1c[nH]c2ccc([N+](=O)[O-])cc12. The average molecular weight is 284 g/mol. The van der Waals surface area contributed by atoms with Gasteiger partial charge in [0.15, 0.2) is 5.78 Å². The van der Waals surface area contributed by atoms with Crippen LogP contribution in [0, 0.1) is 15.9 Å². The zero-order valence-electron chi connectivity index (χ0n) is 10.7. The van der Waals surface area contributed by atoms with Crippen molar-refractivity contribution in [1.82, 2.24) is 4.98 Å². The Balaban J connectivity index is 2.16. The van der Waals surface area contributed by atoms with Gasteiger partial charge < -0.3 is 4.98 Å². The molecule has 0 bridgehead atoms. The van der Waals surface area contributed by atoms with Gasteiger partial charge in [0.1, 0.15) is 5.82 Å². The van der Waals surface area contributed by atoms with E-state index >= 15 is 0 Å². The molecule has 1 aromatic heterocycles. The van der Waals surface area contributed by atoms with Crippen molar-refractivity contribution in [3.8, 4) is 0 Å². The van der Waals surface area contributed by atoms with E-state index in [0.717, 1.165) is 0 Å². The second kappa shape index (κ2) is 4.82. The highest BCUT2D eigenvalue weighted by molar-refractivity contribution is 6.16. The summed E-state index contributed by atoms with van der Waals surface area (Å²) in [5.74, 6) is -1.14. The van der Waals surface area contributed by atoms with Gasteiger partial charge in [0.2, 0.25) is 0 Å². The molecule has 0 amide bonds. The van der Waals surface area contributed by atoms with Gasteiger partial charge in [-0.2, -0.15) is 0 Å². The van der Waals surface area contributed by atoms with E-state index in [9.17, 15) is 19.3 Å². The van der Waals surface area contributed by atoms with Gasteiger partial charge in [0, 0.05) is 34.8 Å². The Morgan fingerprint density at radius 1 is 1.14 bits per heavy atom. The number of nitrogens with one attached hydrogen (secondary N) is 1. The number of halogens is 1. The van der Waals surface area contributed by atoms with Crippen molar-refractivity contribution in [1.29, 1.82) is 0 Å². The Morgan fingerprint density at radius 2 is 1.90 bits per heavy atom. The Hall–Kier alpha value is -3.02. The van der Waals surface area contributed by atoms with Gasteiger partial charge in [-0.1, -0.05) is 12.1 Å². The standard InChI is InChI=1S/C15H9FN2O3/c16-13-4-2-1-3-10(13)15(19)12-8-17-14-6-5-9(18(20)21)7-11(12)14/h1-8,17H. The van der Waals surface area contributed by atoms with Crippen LogP contribution in [0.25, 0.3) is 10.9 Å². The Morgan fingerprint density at radius 3 is 2.62 bits per heavy atom. The van der Waals surface area contributed by atoms with E-state index in [1.807, 2.05) is 0 Å². The van der Waals surface area contributed by atoms with Gasteiger partial charge >= 0.3 is 0 Å². The van der Waals surface area contributed by atoms with Crippen LogP contribution in [0.4, 0.5) is 10.1 Å². The number of nitro benzene ring substituents is 1. The molecule has 0 saturated carbocycles. The highest BCUT2D eigenvalue weighted by Gasteiger charge is 2.19. The molecule has 0 saturated heterocycles. The van der Waals surface area contributed by atoms with Crippen LogP contribution in [0.1, 0.15) is 15.9 Å². The highest BCUT2D eigenvalue weighted by atomic mass is 19.1. The molecule has 3 rings (SSSR count). The molecule has 6 heteroatoms. The van der Waals surface area contributed by atoms with Crippen LogP contribution in [0.2, 0.25) is 0 Å². The largest absolute Gasteiger partial charge is 0.360 e. The third kappa shape index (κ3) is 2.16. The molecular formula is C15H9FN2O3. The number of carbonyl (C=O) groups is 1. The molecule has 0 radical (unpaired) electrons. The number of aromatic amines is 1. The van der Waals surface area contributed by atoms with E-state index in [-0.39, 0.29) is 16.8 Å². The Kier molecular flexibility index (Phi) is 2.98. The third-order valence-corrected chi connectivity index (χ3v) is 3.24. The van der Waals surface area contributed by atoms with Crippen molar-refractivity contribution in [3.05, 3.63) is 75.7 Å². The lowest BCUT2D eigenvalue weighted by Crippen LogP contribution is -2.03. The average Bonchev–Trinajstić information content (AvgIpc) is 2.90. The molecule has 5 nitrogen and oxygen atoms in total. The maximum Gasteiger partial charge on any atom is 0.270 e. The van der Waals surface area contributed by atoms with Crippen LogP contribution in [-0.4, -0.2) is 15.7 Å². The van der Waals surface area contributed by atoms with Gasteiger partial charge in [-0.25, -0.2) is 4.39 Å². The van der Waals surface area contributed by atoms with Crippen molar-refractivity contribution in [3.63, 3.8) is 0 Å². The summed E-state index contributed by atoms with van der Waals surface area (Å²) in [6.07, 6.45) is 1.43. The monoisotopic (exact) mass is 284 g/mol. The van der Waals surface area contributed by atoms with Crippen LogP contribution >= 0.6 is 0 Å². The summed E-state index contributed by atoms with van der Waals surface area (Å²) in [4.78, 5) is 25.5. The van der Waals surface area contributed by atoms with Crippen LogP contribution in [0.3, 0.4) is 0 Å². The lowest BCUT2D eigenvalue weighted by molar-refractivity contribution is -0.384. The minimum Gasteiger partial charge on any atom is -0.360 e. The molecule has 21 heavy (non-hydrogen) atoms. The summed E-state index contributed by atoms with van der Waals surface area (Å²) in [6.45, 7) is 0. The number of nitro groups is 1. The van der Waals surface area contributed by atoms with Crippen molar-refractivity contribution in [2.45, 2.75) is 0 Å². The third-order valence-electron chi connectivity index (χ3n) is 3.24. The van der Waals surface area contributed by atoms with E-state index in [0.29, 0.717) is 10.9 Å². The van der Waals surface area contributed by atoms with Crippen LogP contribution in [0.5, 0.6) is 0 Å². The first kappa shape index (κ1) is 13.0. The zero-order valence-corrected chi connectivity index (χ0v) is 10.7. The minimum atomic E-state index is -0.623. The summed E-state index contributed by atoms with van der Waals surface area (Å²) in [5.41, 5.74) is 0.605. The number of carbonyl (C=O) groups excluding carboxylic acids is 1. The molecular weight excluding hydrogens is 275 g/mol. The number of H-pyrrole nitrogens is 1. The summed E-state index contributed by atoms with van der Waals surface area (Å²) < 4.78 is 13.7. The van der Waals surface area contributed by atoms with Gasteiger partial charge in [0.25, 0.3) is 5.69 Å². The maximum atomic E-state index is 13.7. The first-order valence-electron chi connectivity index (χ1n) is 6.12. The normalized spacial score (nSPS) is 10.7. The molecule has 0 aliphatic heterocycles. The molecule has 3 aromatic rings. The molecule has 0 atom stereocenters. The van der Waals surface area contributed by atoms with E-state index in [1.165, 1.54) is 42.6 Å². The van der Waals surface area contributed by atoms with Gasteiger partial charge in [0.05, 0.1) is 10.5 Å². The molecule has 0 spiro atoms. The quantitative estimate of drug-likeness (QED) is 0.454. The maximum absolute atomic E-state index is 13.7. The molecule has 0 aliphatic carbocycles. The van der Waals surface area contributed by atoms with Crippen molar-refractivity contribution < 1.29 is 14.1 Å². The topological polar surface area (TPSA) is 76.0 Å². The number of fused-ring (bicyclic) bond motifs is 1. The van der Waals surface area contributed by atoms with Gasteiger partial charge in [-0.15, -0.1) is 0 Å². The summed E-state index contributed by atoms with van der Waals surface area (Å²) in [7, 11) is 0. The number of nitrogens with zero attached hydrogens (tertiary/aromatic N) is 1. The van der Waals surface area contributed by atoms with Crippen LogP contribution in [0.15, 0.2) is 48.7 Å². The summed E-state index contributed by atoms with van der Waals surface area (Å²) in [5, 5.41) is 11.2. The number of hydrogen-bond acceptors (Lipinski definition) is 3. The number of benzene rings is 2. The molecule has 1 heterocycles. The first-order valence-corrected chi connectivity index (χ1v) is 6.12. The van der Waals surface area contributed by atoms with Crippen molar-refractivity contribution >= 4 is 22.4 Å². The highest BCUT2D eigenvalue weighted by Crippen LogP contribution is 2.26. The lowest BCUT2D eigenvalue weighted by atomic mass is 10.0. The van der Waals surface area contributed by atoms with Gasteiger partial charge in [-0.3, -0.25) is 14.9 Å². The smallest absolute Gasteiger partial charge is 0.270 e. The molecule has 1 N–H and O–H groups in total. The fourth-order valence-electron chi connectivity index (χ4n) is 2.20. The predicted molar refractivity (Wildman–Crippen MR) is 74.8 cm³/mol. The Labute approximate surface area is 118 Å². The fourth-order valence-corrected chi connectivity index (χ4v) is 2.20. The molecule has 2 aromatic carbocycles. The number of non-ortho nitro benzene ring substituents is 1. The molecule has 0 fully saturated rings. The van der Waals surface area contributed by atoms with E-state index in [2.05, 4.69) is 4.98 Å². The summed E-state index contributed by atoms with van der Waals surface area (Å²) >= 11 is 0. The van der Waals surface area contributed by atoms with E-state index in [4.69, 9.17) is 0 Å². The van der Waals surface area contributed by atoms with Crippen LogP contribution in [-0.2, 0) is 0 Å². The molecule has 104 valence electrons. The molecule has 0 unspecified atom stereocenters. The van der Waals surface area contributed by atoms with Gasteiger partial charge in [-0.05, 0) is 18.2 Å². The second-order valence-electron chi connectivity index (χ2n) is 4.50. The second-order valence-corrected chi connectivity index (χ2v) is 4.50. The zero-order chi connectivity index (χ0) is 15.0. The minimum absolute atomic E-state index is 0.0649. The van der Waals surface area contributed by atoms with E-state index in [1.54, 1.807) is 6.07 Å². The first-order chi connectivity index (χ1) is 10.1. The summed E-state index contributed by atoms with van der Waals surface area (Å²) in [6, 6.07) is 9.81. The Bertz CT molecular complexity index is 870.